The molecule has 3 atom stereocenters. The highest BCUT2D eigenvalue weighted by atomic mass is 15.2. The molecule has 13 rings (SSSR count). The number of rotatable bonds is 4. The molecular formula is C57H37N3. The average Bonchev–Trinajstić information content (AvgIpc) is 3.92. The van der Waals surface area contributed by atoms with Crippen LogP contribution < -0.4 is 4.90 Å². The molecule has 4 aliphatic rings. The maximum Gasteiger partial charge on any atom is 0.160 e. The second-order valence-corrected chi connectivity index (χ2v) is 16.4. The molecular weight excluding hydrogens is 727 g/mol. The van der Waals surface area contributed by atoms with Crippen LogP contribution in [0.4, 0.5) is 11.4 Å². The summed E-state index contributed by atoms with van der Waals surface area (Å²) in [5.41, 5.74) is 18.7. The van der Waals surface area contributed by atoms with Gasteiger partial charge in [0.1, 0.15) is 0 Å². The number of aromatic nitrogens is 2. The van der Waals surface area contributed by atoms with Crippen molar-refractivity contribution in [3.63, 3.8) is 0 Å². The van der Waals surface area contributed by atoms with Gasteiger partial charge in [-0.25, -0.2) is 9.97 Å². The third-order valence-corrected chi connectivity index (χ3v) is 13.4. The van der Waals surface area contributed by atoms with Gasteiger partial charge < -0.3 is 4.90 Å². The number of hydrogen-bond donors (Lipinski definition) is 0. The Hall–Kier alpha value is -7.62. The van der Waals surface area contributed by atoms with Crippen LogP contribution in [-0.4, -0.2) is 16.0 Å². The first-order chi connectivity index (χ1) is 29.7. The smallest absolute Gasteiger partial charge is 0.160 e. The SMILES string of the molecule is C1=CC2c3ccccc3N(c3cccc(-c4nc(-c5ccccc5)cc(-c5ccc6c(c5)-c5ccccc5C65c6ccccc6-c6cc7ccccc7cc65)n4)c3)C2C=C1. The van der Waals surface area contributed by atoms with Crippen LogP contribution in [0.15, 0.2) is 212 Å². The lowest BCUT2D eigenvalue weighted by Crippen LogP contribution is -2.28. The first kappa shape index (κ1) is 33.4. The Bertz CT molecular complexity index is 3300. The lowest BCUT2D eigenvalue weighted by atomic mass is 9.70. The fourth-order valence-corrected chi connectivity index (χ4v) is 10.9. The van der Waals surface area contributed by atoms with Gasteiger partial charge in [0, 0.05) is 34.0 Å². The Balaban J connectivity index is 0.989. The Labute approximate surface area is 349 Å². The minimum absolute atomic E-state index is 0.213. The Morgan fingerprint density at radius 2 is 1.05 bits per heavy atom. The number of anilines is 2. The second kappa shape index (κ2) is 12.7. The summed E-state index contributed by atoms with van der Waals surface area (Å²) in [6.45, 7) is 0. The first-order valence-electron chi connectivity index (χ1n) is 20.9. The molecule has 3 unspecified atom stereocenters. The second-order valence-electron chi connectivity index (χ2n) is 16.4. The van der Waals surface area contributed by atoms with Gasteiger partial charge in [0.2, 0.25) is 0 Å². The number of hydrogen-bond acceptors (Lipinski definition) is 3. The van der Waals surface area contributed by atoms with Crippen LogP contribution in [0.5, 0.6) is 0 Å². The van der Waals surface area contributed by atoms with E-state index in [1.165, 1.54) is 66.5 Å². The molecule has 60 heavy (non-hydrogen) atoms. The van der Waals surface area contributed by atoms with Crippen molar-refractivity contribution in [2.75, 3.05) is 4.90 Å². The summed E-state index contributed by atoms with van der Waals surface area (Å²) >= 11 is 0. The van der Waals surface area contributed by atoms with Crippen LogP contribution in [0.2, 0.25) is 0 Å². The van der Waals surface area contributed by atoms with E-state index in [9.17, 15) is 0 Å². The summed E-state index contributed by atoms with van der Waals surface area (Å²) in [6, 6.07) is 69.2. The molecule has 1 aliphatic heterocycles. The van der Waals surface area contributed by atoms with Crippen molar-refractivity contribution in [1.82, 2.24) is 9.97 Å². The maximum atomic E-state index is 5.41. The summed E-state index contributed by atoms with van der Waals surface area (Å²) < 4.78 is 0. The first-order valence-corrected chi connectivity index (χ1v) is 20.9. The molecule has 280 valence electrons. The molecule has 3 heteroatoms. The normalized spacial score (nSPS) is 18.6. The number of nitrogens with zero attached hydrogens (tertiary/aromatic N) is 3. The van der Waals surface area contributed by atoms with Crippen molar-refractivity contribution >= 4 is 22.1 Å². The predicted molar refractivity (Wildman–Crippen MR) is 246 cm³/mol. The molecule has 0 fully saturated rings. The van der Waals surface area contributed by atoms with Crippen molar-refractivity contribution in [1.29, 1.82) is 0 Å². The van der Waals surface area contributed by atoms with Gasteiger partial charge in [0.05, 0.1) is 22.8 Å². The van der Waals surface area contributed by atoms with E-state index in [4.69, 9.17) is 9.97 Å². The number of fused-ring (bicyclic) bond motifs is 14. The Morgan fingerprint density at radius 3 is 1.87 bits per heavy atom. The fraction of sp³-hybridized carbons (Fsp3) is 0.0526. The number of benzene rings is 8. The quantitative estimate of drug-likeness (QED) is 0.179. The zero-order valence-electron chi connectivity index (χ0n) is 32.7. The lowest BCUT2D eigenvalue weighted by molar-refractivity contribution is 0.745. The lowest BCUT2D eigenvalue weighted by Gasteiger charge is -2.30. The standard InChI is InChI=1S/C57H37N3/c1-2-15-36(16-3-1)52-35-53(59-56(58-52)40-19-14-20-41(31-40)60-54-27-12-8-23-44(54)45-24-9-13-28-55(45)60)39-29-30-50-46(33-39)42-21-6-10-25-48(42)57(50)49-26-11-7-22-43(49)47-32-37-17-4-5-18-38(37)34-51(47)57/h1-35,44,54H. The highest BCUT2D eigenvalue weighted by molar-refractivity contribution is 6.00. The molecule has 9 aromatic rings. The van der Waals surface area contributed by atoms with Crippen LogP contribution in [0.3, 0.4) is 0 Å². The summed E-state index contributed by atoms with van der Waals surface area (Å²) in [5.74, 6) is 1.02. The summed E-state index contributed by atoms with van der Waals surface area (Å²) in [6.07, 6.45) is 9.00. The molecule has 1 aromatic heterocycles. The Morgan fingerprint density at radius 1 is 0.417 bits per heavy atom. The summed E-state index contributed by atoms with van der Waals surface area (Å²) in [5, 5.41) is 2.53. The zero-order chi connectivity index (χ0) is 39.4. The molecule has 3 nitrogen and oxygen atoms in total. The van der Waals surface area contributed by atoms with E-state index in [0.717, 1.165) is 33.8 Å². The van der Waals surface area contributed by atoms with Crippen molar-refractivity contribution in [3.8, 4) is 56.2 Å². The maximum absolute atomic E-state index is 5.41. The molecule has 1 spiro atoms. The van der Waals surface area contributed by atoms with Crippen molar-refractivity contribution < 1.29 is 0 Å². The third kappa shape index (κ3) is 4.66. The molecule has 0 N–H and O–H groups in total. The van der Waals surface area contributed by atoms with Gasteiger partial charge in [-0.15, -0.1) is 0 Å². The van der Waals surface area contributed by atoms with Gasteiger partial charge in [0.25, 0.3) is 0 Å². The van der Waals surface area contributed by atoms with Gasteiger partial charge in [-0.2, -0.15) is 0 Å². The monoisotopic (exact) mass is 763 g/mol. The van der Waals surface area contributed by atoms with E-state index in [0.29, 0.717) is 11.7 Å². The predicted octanol–water partition coefficient (Wildman–Crippen LogP) is 13.7. The molecule has 0 bridgehead atoms. The highest BCUT2D eigenvalue weighted by Crippen LogP contribution is 2.63. The highest BCUT2D eigenvalue weighted by Gasteiger charge is 2.51. The van der Waals surface area contributed by atoms with Crippen LogP contribution in [-0.2, 0) is 5.41 Å². The minimum atomic E-state index is -0.427. The van der Waals surface area contributed by atoms with Crippen LogP contribution >= 0.6 is 0 Å². The van der Waals surface area contributed by atoms with E-state index in [1.807, 2.05) is 0 Å². The van der Waals surface area contributed by atoms with E-state index >= 15 is 0 Å². The molecule has 0 amide bonds. The van der Waals surface area contributed by atoms with Gasteiger partial charge in [0.15, 0.2) is 5.82 Å². The number of para-hydroxylation sites is 1. The molecule has 8 aromatic carbocycles. The van der Waals surface area contributed by atoms with E-state index in [2.05, 4.69) is 217 Å². The van der Waals surface area contributed by atoms with Crippen LogP contribution in [0, 0.1) is 0 Å². The van der Waals surface area contributed by atoms with E-state index in [1.54, 1.807) is 0 Å². The average molecular weight is 764 g/mol. The van der Waals surface area contributed by atoms with E-state index in [-0.39, 0.29) is 6.04 Å². The van der Waals surface area contributed by atoms with Crippen molar-refractivity contribution in [2.24, 2.45) is 0 Å². The van der Waals surface area contributed by atoms with Gasteiger partial charge in [-0.1, -0.05) is 170 Å². The fourth-order valence-electron chi connectivity index (χ4n) is 10.9. The topological polar surface area (TPSA) is 29.0 Å². The number of allylic oxidation sites excluding steroid dienone is 2. The van der Waals surface area contributed by atoms with E-state index < -0.39 is 5.41 Å². The molecule has 0 saturated heterocycles. The molecule has 0 radical (unpaired) electrons. The molecule has 2 heterocycles. The van der Waals surface area contributed by atoms with Crippen LogP contribution in [0.25, 0.3) is 66.9 Å². The van der Waals surface area contributed by atoms with Gasteiger partial charge in [-0.05, 0) is 103 Å². The van der Waals surface area contributed by atoms with Gasteiger partial charge in [-0.3, -0.25) is 0 Å². The van der Waals surface area contributed by atoms with Crippen molar-refractivity contribution in [3.05, 3.63) is 240 Å². The largest absolute Gasteiger partial charge is 0.333 e. The Kier molecular flexibility index (Phi) is 7.06. The minimum Gasteiger partial charge on any atom is -0.333 e. The molecule has 0 saturated carbocycles. The zero-order valence-corrected chi connectivity index (χ0v) is 32.7. The molecule has 3 aliphatic carbocycles. The van der Waals surface area contributed by atoms with Gasteiger partial charge >= 0.3 is 0 Å². The van der Waals surface area contributed by atoms with Crippen LogP contribution in [0.1, 0.15) is 33.7 Å². The van der Waals surface area contributed by atoms with Crippen molar-refractivity contribution in [2.45, 2.75) is 17.4 Å². The summed E-state index contributed by atoms with van der Waals surface area (Å²) in [4.78, 5) is 13.2. The summed E-state index contributed by atoms with van der Waals surface area (Å²) in [7, 11) is 0. The third-order valence-electron chi connectivity index (χ3n) is 13.4.